The number of nitrogens with one attached hydrogen (secondary N) is 4. The molecule has 0 bridgehead atoms. The van der Waals surface area contributed by atoms with Gasteiger partial charge in [0.15, 0.2) is 0 Å². The molecule has 2 aromatic carbocycles. The van der Waals surface area contributed by atoms with Crippen LogP contribution in [0, 0.1) is 0 Å². The molecule has 0 spiro atoms. The molecule has 4 N–H and O–H groups in total. The van der Waals surface area contributed by atoms with Gasteiger partial charge in [-0.15, -0.1) is 0 Å². The van der Waals surface area contributed by atoms with Crippen molar-refractivity contribution in [2.75, 3.05) is 0 Å². The van der Waals surface area contributed by atoms with E-state index in [1.807, 2.05) is 54.7 Å². The minimum Gasteiger partial charge on any atom is -0.361 e. The van der Waals surface area contributed by atoms with Gasteiger partial charge >= 0.3 is 0 Å². The normalized spacial score (nSPS) is 11.0. The zero-order valence-corrected chi connectivity index (χ0v) is 15.3. The van der Waals surface area contributed by atoms with Gasteiger partial charge in [-0.2, -0.15) is 0 Å². The summed E-state index contributed by atoms with van der Waals surface area (Å²) in [4.78, 5) is 34.9. The third kappa shape index (κ3) is 4.03. The predicted octanol–water partition coefficient (Wildman–Crippen LogP) is 2.76. The molecule has 2 amide bonds. The number of carbonyl (C=O) groups is 2. The van der Waals surface area contributed by atoms with Crippen molar-refractivity contribution in [1.82, 2.24) is 25.8 Å². The molecular formula is C21H21N5O2. The number of hydrogen-bond acceptors (Lipinski definition) is 3. The Hall–Kier alpha value is -3.61. The van der Waals surface area contributed by atoms with E-state index in [9.17, 15) is 9.59 Å². The molecule has 7 heteroatoms. The first kappa shape index (κ1) is 17.8. The van der Waals surface area contributed by atoms with Gasteiger partial charge in [-0.25, -0.2) is 4.98 Å². The molecule has 0 unspecified atom stereocenters. The summed E-state index contributed by atoms with van der Waals surface area (Å²) in [6.45, 7) is 0. The standard InChI is InChI=1S/C21H21N5O2/c27-20(11-5-10-19-23-17-8-3-4-9-18(17)24-19)25-26-21(28)12-14-13-22-16-7-2-1-6-15(14)16/h1-4,6-9,13,22H,5,10-12H2,(H,23,24)(H,25,27)(H,26,28). The summed E-state index contributed by atoms with van der Waals surface area (Å²) in [7, 11) is 0. The van der Waals surface area contributed by atoms with Gasteiger partial charge in [-0.3, -0.25) is 20.4 Å². The number of imidazole rings is 1. The molecule has 0 radical (unpaired) electrons. The Bertz CT molecular complexity index is 1090. The zero-order valence-electron chi connectivity index (χ0n) is 15.3. The molecule has 0 fully saturated rings. The molecule has 0 atom stereocenters. The van der Waals surface area contributed by atoms with Gasteiger partial charge in [0.2, 0.25) is 11.8 Å². The molecule has 0 aliphatic carbocycles. The van der Waals surface area contributed by atoms with E-state index in [4.69, 9.17) is 0 Å². The van der Waals surface area contributed by atoms with E-state index < -0.39 is 0 Å². The summed E-state index contributed by atoms with van der Waals surface area (Å²) < 4.78 is 0. The van der Waals surface area contributed by atoms with Gasteiger partial charge in [0.05, 0.1) is 17.5 Å². The number of hydrogen-bond donors (Lipinski definition) is 4. The Kier molecular flexibility index (Phi) is 5.05. The average Bonchev–Trinajstić information content (AvgIpc) is 3.30. The van der Waals surface area contributed by atoms with E-state index in [1.165, 1.54) is 0 Å². The summed E-state index contributed by atoms with van der Waals surface area (Å²) in [5, 5.41) is 1.01. The monoisotopic (exact) mass is 375 g/mol. The average molecular weight is 375 g/mol. The molecule has 0 saturated heterocycles. The topological polar surface area (TPSA) is 103 Å². The molecule has 4 rings (SSSR count). The number of rotatable bonds is 6. The maximum absolute atomic E-state index is 12.1. The first-order chi connectivity index (χ1) is 13.7. The first-order valence-electron chi connectivity index (χ1n) is 9.25. The van der Waals surface area contributed by atoms with Crippen LogP contribution in [0.25, 0.3) is 21.9 Å². The van der Waals surface area contributed by atoms with Gasteiger partial charge in [0.25, 0.3) is 0 Å². The third-order valence-corrected chi connectivity index (χ3v) is 4.62. The van der Waals surface area contributed by atoms with Crippen molar-refractivity contribution < 1.29 is 9.59 Å². The maximum atomic E-state index is 12.1. The largest absolute Gasteiger partial charge is 0.361 e. The number of aryl methyl sites for hydroxylation is 1. The summed E-state index contributed by atoms with van der Waals surface area (Å²) in [5.41, 5.74) is 8.75. The van der Waals surface area contributed by atoms with Crippen molar-refractivity contribution in [2.24, 2.45) is 0 Å². The van der Waals surface area contributed by atoms with Crippen molar-refractivity contribution in [2.45, 2.75) is 25.7 Å². The Labute approximate surface area is 161 Å². The second kappa shape index (κ2) is 7.96. The summed E-state index contributed by atoms with van der Waals surface area (Å²) in [6, 6.07) is 15.6. The molecular weight excluding hydrogens is 354 g/mol. The maximum Gasteiger partial charge on any atom is 0.242 e. The fourth-order valence-corrected chi connectivity index (χ4v) is 3.24. The SMILES string of the molecule is O=C(CCCc1nc2ccccc2[nH]1)NNC(=O)Cc1c[nH]c2ccccc12. The number of nitrogens with zero attached hydrogens (tertiary/aromatic N) is 1. The molecule has 4 aromatic rings. The van der Waals surface area contributed by atoms with Crippen LogP contribution in [0.4, 0.5) is 0 Å². The van der Waals surface area contributed by atoms with Gasteiger partial charge < -0.3 is 9.97 Å². The predicted molar refractivity (Wildman–Crippen MR) is 107 cm³/mol. The number of hydrazine groups is 1. The lowest BCUT2D eigenvalue weighted by molar-refractivity contribution is -0.128. The molecule has 7 nitrogen and oxygen atoms in total. The number of aromatic amines is 2. The molecule has 0 saturated carbocycles. The van der Waals surface area contributed by atoms with Crippen LogP contribution in [0.2, 0.25) is 0 Å². The van der Waals surface area contributed by atoms with E-state index in [0.29, 0.717) is 19.3 Å². The van der Waals surface area contributed by atoms with E-state index in [2.05, 4.69) is 25.8 Å². The quantitative estimate of drug-likeness (QED) is 0.390. The Morgan fingerprint density at radius 2 is 1.68 bits per heavy atom. The zero-order chi connectivity index (χ0) is 19.3. The lowest BCUT2D eigenvalue weighted by Gasteiger charge is -2.07. The van der Waals surface area contributed by atoms with Gasteiger partial charge in [-0.05, 0) is 30.2 Å². The van der Waals surface area contributed by atoms with Crippen molar-refractivity contribution in [3.8, 4) is 0 Å². The highest BCUT2D eigenvalue weighted by Gasteiger charge is 2.10. The van der Waals surface area contributed by atoms with Crippen LogP contribution in [0.3, 0.4) is 0 Å². The van der Waals surface area contributed by atoms with Crippen LogP contribution in [-0.2, 0) is 22.4 Å². The molecule has 2 aromatic heterocycles. The smallest absolute Gasteiger partial charge is 0.242 e. The van der Waals surface area contributed by atoms with Crippen LogP contribution < -0.4 is 10.9 Å². The summed E-state index contributed by atoms with van der Waals surface area (Å²) in [6.07, 6.45) is 3.64. The number of fused-ring (bicyclic) bond motifs is 2. The highest BCUT2D eigenvalue weighted by atomic mass is 16.2. The number of H-pyrrole nitrogens is 2. The molecule has 0 aliphatic rings. The lowest BCUT2D eigenvalue weighted by atomic mass is 10.1. The minimum absolute atomic E-state index is 0.198. The minimum atomic E-state index is -0.254. The molecule has 142 valence electrons. The van der Waals surface area contributed by atoms with Crippen LogP contribution in [0.15, 0.2) is 54.7 Å². The summed E-state index contributed by atoms with van der Waals surface area (Å²) in [5.74, 6) is 0.385. The van der Waals surface area contributed by atoms with Crippen molar-refractivity contribution in [3.05, 3.63) is 66.1 Å². The number of amides is 2. The molecule has 2 heterocycles. The number of para-hydroxylation sites is 3. The van der Waals surface area contributed by atoms with Crippen LogP contribution in [-0.4, -0.2) is 26.8 Å². The van der Waals surface area contributed by atoms with E-state index in [0.717, 1.165) is 33.3 Å². The molecule has 0 aliphatic heterocycles. The van der Waals surface area contributed by atoms with E-state index >= 15 is 0 Å². The number of carbonyl (C=O) groups excluding carboxylic acids is 2. The Morgan fingerprint density at radius 1 is 0.929 bits per heavy atom. The third-order valence-electron chi connectivity index (χ3n) is 4.62. The number of benzene rings is 2. The van der Waals surface area contributed by atoms with Gasteiger partial charge in [0, 0.05) is 29.9 Å². The summed E-state index contributed by atoms with van der Waals surface area (Å²) >= 11 is 0. The second-order valence-corrected chi connectivity index (χ2v) is 6.69. The van der Waals surface area contributed by atoms with E-state index in [1.54, 1.807) is 0 Å². The Morgan fingerprint density at radius 3 is 2.54 bits per heavy atom. The highest BCUT2D eigenvalue weighted by molar-refractivity contribution is 5.89. The van der Waals surface area contributed by atoms with Crippen molar-refractivity contribution in [3.63, 3.8) is 0 Å². The lowest BCUT2D eigenvalue weighted by Crippen LogP contribution is -2.42. The van der Waals surface area contributed by atoms with Crippen molar-refractivity contribution >= 4 is 33.8 Å². The van der Waals surface area contributed by atoms with E-state index in [-0.39, 0.29) is 18.2 Å². The molecule has 28 heavy (non-hydrogen) atoms. The Balaban J connectivity index is 1.21. The number of aromatic nitrogens is 3. The van der Waals surface area contributed by atoms with Crippen LogP contribution in [0.5, 0.6) is 0 Å². The highest BCUT2D eigenvalue weighted by Crippen LogP contribution is 2.17. The van der Waals surface area contributed by atoms with Gasteiger partial charge in [-0.1, -0.05) is 30.3 Å². The fourth-order valence-electron chi connectivity index (χ4n) is 3.24. The van der Waals surface area contributed by atoms with Crippen LogP contribution >= 0.6 is 0 Å². The fraction of sp³-hybridized carbons (Fsp3) is 0.190. The second-order valence-electron chi connectivity index (χ2n) is 6.69. The van der Waals surface area contributed by atoms with Crippen LogP contribution in [0.1, 0.15) is 24.2 Å². The first-order valence-corrected chi connectivity index (χ1v) is 9.25. The van der Waals surface area contributed by atoms with Gasteiger partial charge in [0.1, 0.15) is 5.82 Å². The van der Waals surface area contributed by atoms with Crippen molar-refractivity contribution in [1.29, 1.82) is 0 Å².